The summed E-state index contributed by atoms with van der Waals surface area (Å²) in [5.74, 6) is 0.772. The lowest BCUT2D eigenvalue weighted by molar-refractivity contribution is 0.260. The number of likely N-dealkylation sites (N-methyl/N-ethyl adjacent to an activating group) is 1. The van der Waals surface area contributed by atoms with Gasteiger partial charge in [0.25, 0.3) is 0 Å². The van der Waals surface area contributed by atoms with Crippen LogP contribution in [0.5, 0.6) is 5.75 Å². The van der Waals surface area contributed by atoms with E-state index in [-0.39, 0.29) is 6.03 Å². The predicted molar refractivity (Wildman–Crippen MR) is 112 cm³/mol. The number of anilines is 2. The van der Waals surface area contributed by atoms with E-state index in [0.29, 0.717) is 12.3 Å². The van der Waals surface area contributed by atoms with Crippen molar-refractivity contribution in [1.82, 2.24) is 4.90 Å². The third kappa shape index (κ3) is 6.55. The number of aryl methyl sites for hydroxylation is 1. The van der Waals surface area contributed by atoms with E-state index in [0.717, 1.165) is 28.0 Å². The van der Waals surface area contributed by atoms with Crippen molar-refractivity contribution in [2.24, 2.45) is 0 Å². The lowest BCUT2D eigenvalue weighted by Crippen LogP contribution is -2.20. The van der Waals surface area contributed by atoms with Gasteiger partial charge in [-0.25, -0.2) is 4.79 Å². The fraction of sp³-hybridized carbons (Fsp3) is 0.316. The summed E-state index contributed by atoms with van der Waals surface area (Å²) in [6, 6.07) is 13.2. The Morgan fingerprint density at radius 1 is 1.12 bits per heavy atom. The molecule has 134 valence electrons. The van der Waals surface area contributed by atoms with Crippen LogP contribution in [-0.2, 0) is 6.42 Å². The molecule has 0 aliphatic rings. The zero-order chi connectivity index (χ0) is 18.2. The number of nitrogens with zero attached hydrogens (tertiary/aromatic N) is 1. The Morgan fingerprint density at radius 2 is 1.84 bits per heavy atom. The quantitative estimate of drug-likeness (QED) is 0.610. The summed E-state index contributed by atoms with van der Waals surface area (Å²) in [6.45, 7) is 3.52. The van der Waals surface area contributed by atoms with Crippen LogP contribution in [0.25, 0.3) is 0 Å². The van der Waals surface area contributed by atoms with E-state index in [4.69, 9.17) is 4.74 Å². The Morgan fingerprint density at radius 3 is 2.52 bits per heavy atom. The first-order chi connectivity index (χ1) is 12.0. The van der Waals surface area contributed by atoms with Crippen LogP contribution in [0.4, 0.5) is 16.2 Å². The highest BCUT2D eigenvalue weighted by Gasteiger charge is 2.07. The SMILES string of the molecule is CCc1cccc(NC(=O)Nc2ccc(I)c(OCCN(C)C)c2)c1. The van der Waals surface area contributed by atoms with Crippen molar-refractivity contribution < 1.29 is 9.53 Å². The third-order valence-electron chi connectivity index (χ3n) is 3.58. The van der Waals surface area contributed by atoms with E-state index < -0.39 is 0 Å². The van der Waals surface area contributed by atoms with Gasteiger partial charge in [-0.2, -0.15) is 0 Å². The Kier molecular flexibility index (Phi) is 7.52. The highest BCUT2D eigenvalue weighted by atomic mass is 127. The first kappa shape index (κ1) is 19.5. The molecule has 5 nitrogen and oxygen atoms in total. The van der Waals surface area contributed by atoms with Gasteiger partial charge in [-0.1, -0.05) is 19.1 Å². The zero-order valence-electron chi connectivity index (χ0n) is 14.8. The van der Waals surface area contributed by atoms with Gasteiger partial charge in [-0.15, -0.1) is 0 Å². The summed E-state index contributed by atoms with van der Waals surface area (Å²) in [4.78, 5) is 14.3. The van der Waals surface area contributed by atoms with Crippen molar-refractivity contribution in [3.8, 4) is 5.75 Å². The number of ether oxygens (including phenoxy) is 1. The lowest BCUT2D eigenvalue weighted by Gasteiger charge is -2.14. The second-order valence-electron chi connectivity index (χ2n) is 5.93. The minimum atomic E-state index is -0.270. The Balaban J connectivity index is 1.97. The highest BCUT2D eigenvalue weighted by molar-refractivity contribution is 14.1. The number of benzene rings is 2. The number of hydrogen-bond acceptors (Lipinski definition) is 3. The van der Waals surface area contributed by atoms with Crippen LogP contribution in [0, 0.1) is 3.57 Å². The average Bonchev–Trinajstić information content (AvgIpc) is 2.57. The van der Waals surface area contributed by atoms with Crippen molar-refractivity contribution >= 4 is 40.0 Å². The third-order valence-corrected chi connectivity index (χ3v) is 4.47. The smallest absolute Gasteiger partial charge is 0.323 e. The molecule has 0 atom stereocenters. The molecule has 0 radical (unpaired) electrons. The van der Waals surface area contributed by atoms with Crippen molar-refractivity contribution in [3.05, 3.63) is 51.6 Å². The standard InChI is InChI=1S/C19H24IN3O2/c1-4-14-6-5-7-15(12-14)21-19(24)22-16-8-9-17(20)18(13-16)25-11-10-23(2)3/h5-9,12-13H,4,10-11H2,1-3H3,(H2,21,22,24). The zero-order valence-corrected chi connectivity index (χ0v) is 17.0. The minimum absolute atomic E-state index is 0.270. The number of hydrogen-bond donors (Lipinski definition) is 2. The molecular formula is C19H24IN3O2. The van der Waals surface area contributed by atoms with E-state index in [2.05, 4.69) is 45.0 Å². The summed E-state index contributed by atoms with van der Waals surface area (Å²) in [5, 5.41) is 5.71. The normalized spacial score (nSPS) is 10.6. The molecule has 6 heteroatoms. The van der Waals surface area contributed by atoms with Gasteiger partial charge in [0.1, 0.15) is 12.4 Å². The van der Waals surface area contributed by atoms with Gasteiger partial charge in [0.2, 0.25) is 0 Å². The summed E-state index contributed by atoms with van der Waals surface area (Å²) >= 11 is 2.23. The van der Waals surface area contributed by atoms with Gasteiger partial charge in [0.05, 0.1) is 3.57 Å². The van der Waals surface area contributed by atoms with Crippen LogP contribution in [0.1, 0.15) is 12.5 Å². The number of amides is 2. The average molecular weight is 453 g/mol. The fourth-order valence-corrected chi connectivity index (χ4v) is 2.68. The van der Waals surface area contributed by atoms with E-state index in [1.165, 1.54) is 5.56 Å². The molecule has 0 fully saturated rings. The predicted octanol–water partition coefficient (Wildman–Crippen LogP) is 4.44. The van der Waals surface area contributed by atoms with E-state index in [9.17, 15) is 4.79 Å². The van der Waals surface area contributed by atoms with Gasteiger partial charge in [0, 0.05) is 24.0 Å². The Labute approximate surface area is 162 Å². The number of rotatable bonds is 7. The molecule has 0 saturated heterocycles. The summed E-state index contributed by atoms with van der Waals surface area (Å²) in [7, 11) is 4.01. The molecule has 2 rings (SSSR count). The molecule has 0 aromatic heterocycles. The topological polar surface area (TPSA) is 53.6 Å². The van der Waals surface area contributed by atoms with E-state index in [1.807, 2.05) is 56.6 Å². The minimum Gasteiger partial charge on any atom is -0.491 e. The molecule has 2 amide bonds. The molecule has 0 spiro atoms. The summed E-state index contributed by atoms with van der Waals surface area (Å²) < 4.78 is 6.81. The Bertz CT molecular complexity index is 720. The first-order valence-corrected chi connectivity index (χ1v) is 9.30. The van der Waals surface area contributed by atoms with Gasteiger partial charge < -0.3 is 20.3 Å². The molecule has 0 aliphatic carbocycles. The van der Waals surface area contributed by atoms with E-state index >= 15 is 0 Å². The van der Waals surface area contributed by atoms with Crippen LogP contribution >= 0.6 is 22.6 Å². The van der Waals surface area contributed by atoms with Crippen LogP contribution in [0.15, 0.2) is 42.5 Å². The van der Waals surface area contributed by atoms with Gasteiger partial charge in [-0.05, 0) is 72.9 Å². The van der Waals surface area contributed by atoms with Crippen LogP contribution in [-0.4, -0.2) is 38.2 Å². The van der Waals surface area contributed by atoms with Gasteiger partial charge >= 0.3 is 6.03 Å². The van der Waals surface area contributed by atoms with Gasteiger partial charge in [0.15, 0.2) is 0 Å². The van der Waals surface area contributed by atoms with Crippen LogP contribution < -0.4 is 15.4 Å². The number of carbonyl (C=O) groups is 1. The molecule has 2 N–H and O–H groups in total. The van der Waals surface area contributed by atoms with Crippen LogP contribution in [0.3, 0.4) is 0 Å². The van der Waals surface area contributed by atoms with Gasteiger partial charge in [-0.3, -0.25) is 0 Å². The maximum absolute atomic E-state index is 12.2. The Hall–Kier alpha value is -1.80. The summed E-state index contributed by atoms with van der Waals surface area (Å²) in [6.07, 6.45) is 0.932. The van der Waals surface area contributed by atoms with Crippen molar-refractivity contribution in [2.75, 3.05) is 37.9 Å². The second-order valence-corrected chi connectivity index (χ2v) is 7.09. The first-order valence-electron chi connectivity index (χ1n) is 8.22. The van der Waals surface area contributed by atoms with Crippen LogP contribution in [0.2, 0.25) is 0 Å². The molecule has 0 unspecified atom stereocenters. The number of halogens is 1. The van der Waals surface area contributed by atoms with Crippen molar-refractivity contribution in [2.45, 2.75) is 13.3 Å². The molecule has 0 bridgehead atoms. The maximum atomic E-state index is 12.2. The molecule has 2 aromatic carbocycles. The second kappa shape index (κ2) is 9.62. The summed E-state index contributed by atoms with van der Waals surface area (Å²) in [5.41, 5.74) is 2.66. The monoisotopic (exact) mass is 453 g/mol. The maximum Gasteiger partial charge on any atom is 0.323 e. The molecule has 0 aliphatic heterocycles. The number of urea groups is 1. The number of carbonyl (C=O) groups excluding carboxylic acids is 1. The molecular weight excluding hydrogens is 429 g/mol. The molecule has 0 saturated carbocycles. The fourth-order valence-electron chi connectivity index (χ4n) is 2.19. The van der Waals surface area contributed by atoms with Crippen molar-refractivity contribution in [1.29, 1.82) is 0 Å². The lowest BCUT2D eigenvalue weighted by atomic mass is 10.1. The number of nitrogens with one attached hydrogen (secondary N) is 2. The highest BCUT2D eigenvalue weighted by Crippen LogP contribution is 2.25. The molecule has 0 heterocycles. The molecule has 25 heavy (non-hydrogen) atoms. The van der Waals surface area contributed by atoms with Crippen molar-refractivity contribution in [3.63, 3.8) is 0 Å². The molecule has 2 aromatic rings. The van der Waals surface area contributed by atoms with E-state index in [1.54, 1.807) is 0 Å². The largest absolute Gasteiger partial charge is 0.491 e.